The van der Waals surface area contributed by atoms with Gasteiger partial charge in [-0.25, -0.2) is 0 Å². The third-order valence-corrected chi connectivity index (χ3v) is 1.26. The van der Waals surface area contributed by atoms with Crippen LogP contribution < -0.4 is 0 Å². The lowest BCUT2D eigenvalue weighted by molar-refractivity contribution is -0.0151. The van der Waals surface area contributed by atoms with Crippen LogP contribution in [0.3, 0.4) is 0 Å². The smallest absolute Gasteiger partial charge is 0.108 e. The van der Waals surface area contributed by atoms with Gasteiger partial charge in [-0.2, -0.15) is 0 Å². The Balaban J connectivity index is 3.54. The lowest BCUT2D eigenvalue weighted by Gasteiger charge is -2.22. The molecule has 0 saturated carbocycles. The van der Waals surface area contributed by atoms with Crippen LogP contribution in [0, 0.1) is 12.3 Å². The van der Waals surface area contributed by atoms with E-state index in [0.29, 0.717) is 13.0 Å². The van der Waals surface area contributed by atoms with Crippen molar-refractivity contribution in [2.45, 2.75) is 25.9 Å². The second kappa shape index (κ2) is 4.32. The van der Waals surface area contributed by atoms with Crippen LogP contribution in [0.15, 0.2) is 0 Å². The Labute approximate surface area is 62.2 Å². The SMILES string of the molecule is C#CCOC(C)(C)CCO. The summed E-state index contributed by atoms with van der Waals surface area (Å²) in [6, 6.07) is 0. The molecule has 0 amide bonds. The number of terminal acetylenes is 1. The largest absolute Gasteiger partial charge is 0.396 e. The second-order valence-electron chi connectivity index (χ2n) is 2.73. The summed E-state index contributed by atoms with van der Waals surface area (Å²) in [4.78, 5) is 0. The highest BCUT2D eigenvalue weighted by atomic mass is 16.5. The molecule has 0 aliphatic carbocycles. The van der Waals surface area contributed by atoms with Crippen molar-refractivity contribution >= 4 is 0 Å². The van der Waals surface area contributed by atoms with E-state index in [4.69, 9.17) is 16.3 Å². The zero-order valence-corrected chi connectivity index (χ0v) is 6.55. The van der Waals surface area contributed by atoms with E-state index in [1.165, 1.54) is 0 Å². The van der Waals surface area contributed by atoms with Gasteiger partial charge in [0.1, 0.15) is 6.61 Å². The first-order chi connectivity index (χ1) is 4.62. The minimum Gasteiger partial charge on any atom is -0.396 e. The average molecular weight is 142 g/mol. The molecular formula is C8H14O2. The first kappa shape index (κ1) is 9.48. The van der Waals surface area contributed by atoms with Crippen LogP contribution in [-0.2, 0) is 4.74 Å². The minimum atomic E-state index is -0.291. The standard InChI is InChI=1S/C8H14O2/c1-4-7-10-8(2,3)5-6-9/h1,9H,5-7H2,2-3H3. The summed E-state index contributed by atoms with van der Waals surface area (Å²) in [7, 11) is 0. The topological polar surface area (TPSA) is 29.5 Å². The Morgan fingerprint density at radius 2 is 2.20 bits per heavy atom. The van der Waals surface area contributed by atoms with E-state index in [1.807, 2.05) is 13.8 Å². The Bertz CT molecular complexity index is 122. The van der Waals surface area contributed by atoms with Crippen LogP contribution in [0.25, 0.3) is 0 Å². The van der Waals surface area contributed by atoms with Gasteiger partial charge < -0.3 is 9.84 Å². The summed E-state index contributed by atoms with van der Waals surface area (Å²) in [5.74, 6) is 2.38. The van der Waals surface area contributed by atoms with Crippen LogP contribution in [0.1, 0.15) is 20.3 Å². The van der Waals surface area contributed by atoms with Crippen molar-refractivity contribution in [1.29, 1.82) is 0 Å². The third-order valence-electron chi connectivity index (χ3n) is 1.26. The highest BCUT2D eigenvalue weighted by Gasteiger charge is 2.16. The molecule has 0 fully saturated rings. The number of aliphatic hydroxyl groups excluding tert-OH is 1. The molecule has 0 unspecified atom stereocenters. The van der Waals surface area contributed by atoms with Gasteiger partial charge in [0.2, 0.25) is 0 Å². The monoisotopic (exact) mass is 142 g/mol. The Morgan fingerprint density at radius 1 is 1.60 bits per heavy atom. The molecule has 58 valence electrons. The lowest BCUT2D eigenvalue weighted by Crippen LogP contribution is -2.25. The van der Waals surface area contributed by atoms with Crippen molar-refractivity contribution in [2.75, 3.05) is 13.2 Å². The van der Waals surface area contributed by atoms with Crippen molar-refractivity contribution < 1.29 is 9.84 Å². The molecule has 10 heavy (non-hydrogen) atoms. The molecule has 0 aromatic heterocycles. The lowest BCUT2D eigenvalue weighted by atomic mass is 10.1. The van der Waals surface area contributed by atoms with Crippen LogP contribution in [-0.4, -0.2) is 23.9 Å². The summed E-state index contributed by atoms with van der Waals surface area (Å²) < 4.78 is 5.22. The van der Waals surface area contributed by atoms with Gasteiger partial charge in [-0.1, -0.05) is 5.92 Å². The van der Waals surface area contributed by atoms with E-state index >= 15 is 0 Å². The summed E-state index contributed by atoms with van der Waals surface area (Å²) in [5, 5.41) is 8.57. The zero-order valence-electron chi connectivity index (χ0n) is 6.55. The summed E-state index contributed by atoms with van der Waals surface area (Å²) in [5.41, 5.74) is -0.291. The minimum absolute atomic E-state index is 0.136. The van der Waals surface area contributed by atoms with E-state index in [9.17, 15) is 0 Å². The molecule has 2 heteroatoms. The van der Waals surface area contributed by atoms with Gasteiger partial charge in [-0.05, 0) is 20.3 Å². The average Bonchev–Trinajstić information content (AvgIpc) is 1.84. The van der Waals surface area contributed by atoms with Gasteiger partial charge in [0, 0.05) is 6.61 Å². The summed E-state index contributed by atoms with van der Waals surface area (Å²) >= 11 is 0. The normalized spacial score (nSPS) is 11.0. The van der Waals surface area contributed by atoms with Crippen molar-refractivity contribution in [3.63, 3.8) is 0 Å². The molecule has 0 rings (SSSR count). The predicted molar refractivity (Wildman–Crippen MR) is 40.6 cm³/mol. The molecule has 1 N–H and O–H groups in total. The van der Waals surface area contributed by atoms with E-state index in [-0.39, 0.29) is 12.2 Å². The number of hydrogen-bond donors (Lipinski definition) is 1. The molecule has 0 aromatic rings. The van der Waals surface area contributed by atoms with Gasteiger partial charge in [-0.3, -0.25) is 0 Å². The molecule has 0 aliphatic heterocycles. The summed E-state index contributed by atoms with van der Waals surface area (Å²) in [6.45, 7) is 4.26. The molecule has 0 bridgehead atoms. The molecule has 0 atom stereocenters. The van der Waals surface area contributed by atoms with Crippen LogP contribution in [0.4, 0.5) is 0 Å². The maximum Gasteiger partial charge on any atom is 0.108 e. The fraction of sp³-hybridized carbons (Fsp3) is 0.750. The first-order valence-corrected chi connectivity index (χ1v) is 3.30. The first-order valence-electron chi connectivity index (χ1n) is 3.30. The van der Waals surface area contributed by atoms with E-state index < -0.39 is 0 Å². The number of rotatable bonds is 4. The Morgan fingerprint density at radius 3 is 2.60 bits per heavy atom. The molecule has 2 nitrogen and oxygen atoms in total. The fourth-order valence-electron chi connectivity index (χ4n) is 0.578. The van der Waals surface area contributed by atoms with Gasteiger partial charge in [0.05, 0.1) is 5.60 Å². The highest BCUT2D eigenvalue weighted by Crippen LogP contribution is 2.12. The van der Waals surface area contributed by atoms with Crippen LogP contribution in [0.2, 0.25) is 0 Å². The molecule has 0 heterocycles. The van der Waals surface area contributed by atoms with E-state index in [0.717, 1.165) is 0 Å². The van der Waals surface area contributed by atoms with Crippen molar-refractivity contribution in [1.82, 2.24) is 0 Å². The van der Waals surface area contributed by atoms with E-state index in [1.54, 1.807) is 0 Å². The van der Waals surface area contributed by atoms with Gasteiger partial charge in [-0.15, -0.1) is 6.42 Å². The molecule has 0 saturated heterocycles. The van der Waals surface area contributed by atoms with Crippen LogP contribution in [0.5, 0.6) is 0 Å². The molecule has 0 aromatic carbocycles. The van der Waals surface area contributed by atoms with Crippen molar-refractivity contribution in [3.8, 4) is 12.3 Å². The molecule has 0 aliphatic rings. The Kier molecular flexibility index (Phi) is 4.10. The zero-order chi connectivity index (χ0) is 8.04. The third kappa shape index (κ3) is 4.37. The van der Waals surface area contributed by atoms with Gasteiger partial charge in [0.15, 0.2) is 0 Å². The number of ether oxygens (including phenoxy) is 1. The predicted octanol–water partition coefficient (Wildman–Crippen LogP) is 0.797. The maximum absolute atomic E-state index is 8.57. The summed E-state index contributed by atoms with van der Waals surface area (Å²) in [6.07, 6.45) is 5.61. The van der Waals surface area contributed by atoms with Gasteiger partial charge >= 0.3 is 0 Å². The van der Waals surface area contributed by atoms with Gasteiger partial charge in [0.25, 0.3) is 0 Å². The number of aliphatic hydroxyl groups is 1. The maximum atomic E-state index is 8.57. The van der Waals surface area contributed by atoms with Crippen LogP contribution >= 0.6 is 0 Å². The second-order valence-corrected chi connectivity index (χ2v) is 2.73. The quantitative estimate of drug-likeness (QED) is 0.588. The molecular weight excluding hydrogens is 128 g/mol. The highest BCUT2D eigenvalue weighted by molar-refractivity contribution is 4.84. The van der Waals surface area contributed by atoms with Crippen molar-refractivity contribution in [2.24, 2.45) is 0 Å². The Hall–Kier alpha value is -0.520. The molecule has 0 spiro atoms. The van der Waals surface area contributed by atoms with Crippen molar-refractivity contribution in [3.05, 3.63) is 0 Å². The van der Waals surface area contributed by atoms with E-state index in [2.05, 4.69) is 5.92 Å². The fourth-order valence-corrected chi connectivity index (χ4v) is 0.578. The molecule has 0 radical (unpaired) electrons. The number of hydrogen-bond acceptors (Lipinski definition) is 2.